The number of hydrogen-bond donors (Lipinski definition) is 1. The standard InChI is InChI=1S/C16H20N2O3/c1-9(2)15-12-6-4-5-11(12)13-7-10(21-3)8-14(18(19)20)16(13)17-15/h4-5,7-9,11-12,15,17H,6H2,1-3H3/t11-,12+,15-/m1/s1. The summed E-state index contributed by atoms with van der Waals surface area (Å²) in [4.78, 5) is 11.1. The molecule has 0 amide bonds. The van der Waals surface area contributed by atoms with E-state index in [-0.39, 0.29) is 22.6 Å². The van der Waals surface area contributed by atoms with E-state index in [0.29, 0.717) is 23.3 Å². The molecule has 1 N–H and O–H groups in total. The van der Waals surface area contributed by atoms with Crippen molar-refractivity contribution in [1.29, 1.82) is 0 Å². The Bertz CT molecular complexity index is 610. The van der Waals surface area contributed by atoms with Gasteiger partial charge in [-0.1, -0.05) is 26.0 Å². The van der Waals surface area contributed by atoms with Gasteiger partial charge in [0.15, 0.2) is 0 Å². The van der Waals surface area contributed by atoms with Crippen molar-refractivity contribution in [3.05, 3.63) is 40.0 Å². The molecule has 0 radical (unpaired) electrons. The second kappa shape index (κ2) is 5.06. The molecule has 21 heavy (non-hydrogen) atoms. The van der Waals surface area contributed by atoms with Crippen LogP contribution < -0.4 is 10.1 Å². The number of nitro groups is 1. The van der Waals surface area contributed by atoms with Crippen molar-refractivity contribution < 1.29 is 9.66 Å². The summed E-state index contributed by atoms with van der Waals surface area (Å²) in [5, 5.41) is 14.8. The van der Waals surface area contributed by atoms with E-state index in [1.165, 1.54) is 6.07 Å². The number of rotatable bonds is 3. The molecule has 112 valence electrons. The highest BCUT2D eigenvalue weighted by Crippen LogP contribution is 2.50. The number of allylic oxidation sites excluding steroid dienone is 2. The number of nitro benzene ring substituents is 1. The van der Waals surface area contributed by atoms with Gasteiger partial charge in [0, 0.05) is 12.0 Å². The third-order valence-corrected chi connectivity index (χ3v) is 4.62. The average Bonchev–Trinajstić information content (AvgIpc) is 2.94. The molecule has 0 spiro atoms. The quantitative estimate of drug-likeness (QED) is 0.523. The Balaban J connectivity index is 2.17. The summed E-state index contributed by atoms with van der Waals surface area (Å²) in [6.45, 7) is 4.32. The Hall–Kier alpha value is -2.04. The van der Waals surface area contributed by atoms with Crippen LogP contribution in [0.1, 0.15) is 31.7 Å². The molecule has 3 rings (SSSR count). The van der Waals surface area contributed by atoms with Crippen LogP contribution in [-0.4, -0.2) is 18.1 Å². The van der Waals surface area contributed by atoms with E-state index in [2.05, 4.69) is 31.3 Å². The maximum Gasteiger partial charge on any atom is 0.296 e. The highest BCUT2D eigenvalue weighted by atomic mass is 16.6. The summed E-state index contributed by atoms with van der Waals surface area (Å²) in [6, 6.07) is 3.69. The molecule has 1 aromatic rings. The molecule has 0 saturated heterocycles. The van der Waals surface area contributed by atoms with E-state index in [1.807, 2.05) is 6.07 Å². The minimum Gasteiger partial charge on any atom is -0.496 e. The first-order valence-corrected chi connectivity index (χ1v) is 7.32. The lowest BCUT2D eigenvalue weighted by Crippen LogP contribution is -2.39. The second-order valence-electron chi connectivity index (χ2n) is 6.14. The van der Waals surface area contributed by atoms with E-state index < -0.39 is 0 Å². The fourth-order valence-electron chi connectivity index (χ4n) is 3.61. The van der Waals surface area contributed by atoms with Gasteiger partial charge in [0.25, 0.3) is 5.69 Å². The molecular weight excluding hydrogens is 268 g/mol. The van der Waals surface area contributed by atoms with Gasteiger partial charge >= 0.3 is 0 Å². The first-order chi connectivity index (χ1) is 10.0. The zero-order valence-electron chi connectivity index (χ0n) is 12.5. The zero-order valence-corrected chi connectivity index (χ0v) is 12.5. The first kappa shape index (κ1) is 13.9. The molecule has 0 unspecified atom stereocenters. The fourth-order valence-corrected chi connectivity index (χ4v) is 3.61. The van der Waals surface area contributed by atoms with Gasteiger partial charge in [0.1, 0.15) is 11.4 Å². The molecule has 0 bridgehead atoms. The normalized spacial score (nSPS) is 26.2. The molecule has 0 saturated carbocycles. The highest BCUT2D eigenvalue weighted by Gasteiger charge is 2.41. The molecule has 1 heterocycles. The van der Waals surface area contributed by atoms with Gasteiger partial charge in [-0.3, -0.25) is 10.1 Å². The lowest BCUT2D eigenvalue weighted by Gasteiger charge is -2.39. The maximum absolute atomic E-state index is 11.4. The predicted octanol–water partition coefficient (Wildman–Crippen LogP) is 3.71. The van der Waals surface area contributed by atoms with Gasteiger partial charge in [0.05, 0.1) is 18.1 Å². The summed E-state index contributed by atoms with van der Waals surface area (Å²) < 4.78 is 5.24. The molecule has 0 aromatic heterocycles. The van der Waals surface area contributed by atoms with Crippen molar-refractivity contribution in [2.45, 2.75) is 32.2 Å². The van der Waals surface area contributed by atoms with Crippen LogP contribution in [0.3, 0.4) is 0 Å². The predicted molar refractivity (Wildman–Crippen MR) is 81.9 cm³/mol. The van der Waals surface area contributed by atoms with E-state index in [0.717, 1.165) is 12.0 Å². The number of anilines is 1. The summed E-state index contributed by atoms with van der Waals surface area (Å²) >= 11 is 0. The van der Waals surface area contributed by atoms with Gasteiger partial charge in [0.2, 0.25) is 0 Å². The minimum atomic E-state index is -0.329. The van der Waals surface area contributed by atoms with Crippen molar-refractivity contribution >= 4 is 11.4 Å². The molecule has 5 nitrogen and oxygen atoms in total. The molecule has 1 aliphatic carbocycles. The Morgan fingerprint density at radius 3 is 2.81 bits per heavy atom. The van der Waals surface area contributed by atoms with Crippen molar-refractivity contribution in [3.8, 4) is 5.75 Å². The third kappa shape index (κ3) is 2.17. The minimum absolute atomic E-state index is 0.105. The van der Waals surface area contributed by atoms with Crippen LogP contribution in [-0.2, 0) is 0 Å². The SMILES string of the molecule is COc1cc2c(c([N+](=O)[O-])c1)N[C@H](C(C)C)[C@H]1CC=C[C@@H]21. The van der Waals surface area contributed by atoms with Crippen LogP contribution >= 0.6 is 0 Å². The van der Waals surface area contributed by atoms with E-state index in [1.54, 1.807) is 7.11 Å². The van der Waals surface area contributed by atoms with Gasteiger partial charge in [-0.05, 0) is 29.9 Å². The van der Waals surface area contributed by atoms with Gasteiger partial charge in [-0.2, -0.15) is 0 Å². The largest absolute Gasteiger partial charge is 0.496 e. The van der Waals surface area contributed by atoms with Crippen molar-refractivity contribution in [1.82, 2.24) is 0 Å². The average molecular weight is 288 g/mol. The lowest BCUT2D eigenvalue weighted by atomic mass is 9.75. The topological polar surface area (TPSA) is 64.4 Å². The molecule has 0 fully saturated rings. The highest BCUT2D eigenvalue weighted by molar-refractivity contribution is 5.72. The Kier molecular flexibility index (Phi) is 3.35. The van der Waals surface area contributed by atoms with Crippen LogP contribution in [0.15, 0.2) is 24.3 Å². The number of hydrogen-bond acceptors (Lipinski definition) is 4. The van der Waals surface area contributed by atoms with Crippen molar-refractivity contribution in [2.24, 2.45) is 11.8 Å². The molecule has 1 aliphatic heterocycles. The van der Waals surface area contributed by atoms with Crippen LogP contribution in [0.2, 0.25) is 0 Å². The molecule has 1 aromatic carbocycles. The molecule has 3 atom stereocenters. The summed E-state index contributed by atoms with van der Waals surface area (Å²) in [5.41, 5.74) is 1.75. The van der Waals surface area contributed by atoms with Crippen LogP contribution in [0.4, 0.5) is 11.4 Å². The van der Waals surface area contributed by atoms with Crippen LogP contribution in [0.5, 0.6) is 5.75 Å². The fraction of sp³-hybridized carbons (Fsp3) is 0.500. The number of nitrogens with one attached hydrogen (secondary N) is 1. The van der Waals surface area contributed by atoms with Gasteiger partial charge in [-0.25, -0.2) is 0 Å². The van der Waals surface area contributed by atoms with E-state index in [9.17, 15) is 10.1 Å². The van der Waals surface area contributed by atoms with Crippen molar-refractivity contribution in [3.63, 3.8) is 0 Å². The smallest absolute Gasteiger partial charge is 0.296 e. The lowest BCUT2D eigenvalue weighted by molar-refractivity contribution is -0.384. The van der Waals surface area contributed by atoms with Crippen LogP contribution in [0, 0.1) is 22.0 Å². The number of methoxy groups -OCH3 is 1. The second-order valence-corrected chi connectivity index (χ2v) is 6.14. The first-order valence-electron chi connectivity index (χ1n) is 7.32. The molecular formula is C16H20N2O3. The Morgan fingerprint density at radius 2 is 2.19 bits per heavy atom. The Labute approximate surface area is 124 Å². The summed E-state index contributed by atoms with van der Waals surface area (Å²) in [6.07, 6.45) is 5.39. The Morgan fingerprint density at radius 1 is 1.43 bits per heavy atom. The van der Waals surface area contributed by atoms with Gasteiger partial charge < -0.3 is 10.1 Å². The van der Waals surface area contributed by atoms with E-state index >= 15 is 0 Å². The monoisotopic (exact) mass is 288 g/mol. The van der Waals surface area contributed by atoms with Crippen LogP contribution in [0.25, 0.3) is 0 Å². The number of benzene rings is 1. The summed E-state index contributed by atoms with van der Waals surface area (Å²) in [7, 11) is 1.54. The van der Waals surface area contributed by atoms with E-state index in [4.69, 9.17) is 4.74 Å². The molecule has 2 aliphatic rings. The zero-order chi connectivity index (χ0) is 15.1. The summed E-state index contributed by atoms with van der Waals surface area (Å²) in [5.74, 6) is 1.67. The number of ether oxygens (including phenoxy) is 1. The molecule has 5 heteroatoms. The third-order valence-electron chi connectivity index (χ3n) is 4.62. The number of nitrogens with zero attached hydrogens (tertiary/aromatic N) is 1. The number of fused-ring (bicyclic) bond motifs is 3. The van der Waals surface area contributed by atoms with Crippen molar-refractivity contribution in [2.75, 3.05) is 12.4 Å². The maximum atomic E-state index is 11.4. The van der Waals surface area contributed by atoms with Gasteiger partial charge in [-0.15, -0.1) is 0 Å².